The van der Waals surface area contributed by atoms with Crippen molar-refractivity contribution in [1.82, 2.24) is 10.2 Å². The van der Waals surface area contributed by atoms with Gasteiger partial charge < -0.3 is 5.73 Å². The molecule has 3 N–H and O–H groups in total. The fourth-order valence-corrected chi connectivity index (χ4v) is 1.43. The Bertz CT molecular complexity index is 356. The van der Waals surface area contributed by atoms with Gasteiger partial charge in [0.2, 0.25) is 0 Å². The number of nitrogens with zero attached hydrogens (tertiary/aromatic N) is 2. The standard InChI is InChI=1S/C8H12N4O2/c9-8(3-4-8)2-1-6-7(12(13)14)5-10-11-6/h5H,1-4,9H2,(H,10,11). The number of hydrogen-bond donors (Lipinski definition) is 2. The molecule has 0 unspecified atom stereocenters. The Hall–Kier alpha value is -1.43. The molecule has 0 amide bonds. The summed E-state index contributed by atoms with van der Waals surface area (Å²) >= 11 is 0. The second-order valence-electron chi connectivity index (χ2n) is 3.85. The summed E-state index contributed by atoms with van der Waals surface area (Å²) in [7, 11) is 0. The first-order valence-electron chi connectivity index (χ1n) is 4.56. The minimum absolute atomic E-state index is 0.0641. The maximum absolute atomic E-state index is 10.5. The molecular formula is C8H12N4O2. The lowest BCUT2D eigenvalue weighted by Gasteiger charge is -2.05. The molecule has 6 heteroatoms. The van der Waals surface area contributed by atoms with Crippen LogP contribution in [0.15, 0.2) is 6.20 Å². The second-order valence-corrected chi connectivity index (χ2v) is 3.85. The number of aromatic amines is 1. The van der Waals surface area contributed by atoms with Crippen LogP contribution in [0.5, 0.6) is 0 Å². The van der Waals surface area contributed by atoms with Crippen molar-refractivity contribution in [1.29, 1.82) is 0 Å². The Balaban J connectivity index is 2.01. The molecule has 1 aromatic rings. The molecule has 1 heterocycles. The van der Waals surface area contributed by atoms with E-state index in [0.29, 0.717) is 12.1 Å². The van der Waals surface area contributed by atoms with Gasteiger partial charge in [0, 0.05) is 5.54 Å². The predicted molar refractivity (Wildman–Crippen MR) is 49.7 cm³/mol. The fourth-order valence-electron chi connectivity index (χ4n) is 1.43. The third-order valence-corrected chi connectivity index (χ3v) is 2.66. The summed E-state index contributed by atoms with van der Waals surface area (Å²) in [4.78, 5) is 10.1. The van der Waals surface area contributed by atoms with E-state index in [1.807, 2.05) is 0 Å². The van der Waals surface area contributed by atoms with Crippen molar-refractivity contribution in [3.05, 3.63) is 22.0 Å². The maximum atomic E-state index is 10.5. The molecule has 1 aliphatic carbocycles. The first-order valence-corrected chi connectivity index (χ1v) is 4.56. The molecule has 0 atom stereocenters. The van der Waals surface area contributed by atoms with E-state index in [1.165, 1.54) is 6.20 Å². The van der Waals surface area contributed by atoms with Gasteiger partial charge in [0.15, 0.2) is 0 Å². The Kier molecular flexibility index (Phi) is 1.99. The molecule has 6 nitrogen and oxygen atoms in total. The third kappa shape index (κ3) is 1.74. The summed E-state index contributed by atoms with van der Waals surface area (Å²) in [6.07, 6.45) is 4.68. The highest BCUT2D eigenvalue weighted by Gasteiger charge is 2.38. The summed E-state index contributed by atoms with van der Waals surface area (Å²) in [5.41, 5.74) is 6.45. The smallest absolute Gasteiger partial charge is 0.309 e. The van der Waals surface area contributed by atoms with Gasteiger partial charge in [0.25, 0.3) is 0 Å². The largest absolute Gasteiger partial charge is 0.325 e. The zero-order valence-electron chi connectivity index (χ0n) is 7.69. The molecular weight excluding hydrogens is 184 g/mol. The zero-order valence-corrected chi connectivity index (χ0v) is 7.69. The van der Waals surface area contributed by atoms with Crippen LogP contribution in [0.4, 0.5) is 5.69 Å². The lowest BCUT2D eigenvalue weighted by molar-refractivity contribution is -0.385. The van der Waals surface area contributed by atoms with E-state index in [0.717, 1.165) is 19.3 Å². The summed E-state index contributed by atoms with van der Waals surface area (Å²) in [5, 5.41) is 16.8. The molecule has 1 fully saturated rings. The van der Waals surface area contributed by atoms with Gasteiger partial charge in [0.05, 0.1) is 4.92 Å². The fraction of sp³-hybridized carbons (Fsp3) is 0.625. The predicted octanol–water partition coefficient (Wildman–Crippen LogP) is 0.742. The molecule has 0 aromatic carbocycles. The molecule has 76 valence electrons. The monoisotopic (exact) mass is 196 g/mol. The molecule has 0 saturated heterocycles. The van der Waals surface area contributed by atoms with Crippen LogP contribution in [0, 0.1) is 10.1 Å². The van der Waals surface area contributed by atoms with Crippen molar-refractivity contribution in [3.63, 3.8) is 0 Å². The van der Waals surface area contributed by atoms with E-state index in [4.69, 9.17) is 5.73 Å². The molecule has 1 aliphatic rings. The molecule has 1 saturated carbocycles. The lowest BCUT2D eigenvalue weighted by Crippen LogP contribution is -2.22. The van der Waals surface area contributed by atoms with E-state index in [-0.39, 0.29) is 11.2 Å². The van der Waals surface area contributed by atoms with Gasteiger partial charge in [-0.3, -0.25) is 15.2 Å². The minimum Gasteiger partial charge on any atom is -0.325 e. The summed E-state index contributed by atoms with van der Waals surface area (Å²) < 4.78 is 0. The van der Waals surface area contributed by atoms with Crippen LogP contribution in [0.3, 0.4) is 0 Å². The number of nitrogens with two attached hydrogens (primary N) is 1. The molecule has 0 aliphatic heterocycles. The normalized spacial score (nSPS) is 18.1. The minimum atomic E-state index is -0.422. The SMILES string of the molecule is NC1(CCc2[nH]ncc2[N+](=O)[O-])CC1. The van der Waals surface area contributed by atoms with Gasteiger partial charge in [-0.2, -0.15) is 5.10 Å². The van der Waals surface area contributed by atoms with Crippen molar-refractivity contribution in [3.8, 4) is 0 Å². The van der Waals surface area contributed by atoms with Crippen molar-refractivity contribution in [2.45, 2.75) is 31.2 Å². The Morgan fingerprint density at radius 2 is 2.43 bits per heavy atom. The maximum Gasteiger partial charge on any atom is 0.309 e. The first kappa shape index (κ1) is 9.14. The summed E-state index contributed by atoms with van der Waals surface area (Å²) in [6.45, 7) is 0. The molecule has 0 radical (unpaired) electrons. The Morgan fingerprint density at radius 1 is 1.71 bits per heavy atom. The van der Waals surface area contributed by atoms with Crippen LogP contribution in [-0.2, 0) is 6.42 Å². The van der Waals surface area contributed by atoms with Gasteiger partial charge in [-0.25, -0.2) is 0 Å². The molecule has 1 aromatic heterocycles. The molecule has 2 rings (SSSR count). The number of aryl methyl sites for hydroxylation is 1. The van der Waals surface area contributed by atoms with Gasteiger partial charge in [-0.05, 0) is 25.7 Å². The van der Waals surface area contributed by atoms with Crippen LogP contribution in [0.2, 0.25) is 0 Å². The lowest BCUT2D eigenvalue weighted by atomic mass is 10.1. The average Bonchev–Trinajstić information content (AvgIpc) is 2.68. The highest BCUT2D eigenvalue weighted by atomic mass is 16.6. The Morgan fingerprint density at radius 3 is 3.00 bits per heavy atom. The van der Waals surface area contributed by atoms with Crippen LogP contribution in [0.25, 0.3) is 0 Å². The van der Waals surface area contributed by atoms with Crippen LogP contribution in [-0.4, -0.2) is 20.7 Å². The second kappa shape index (κ2) is 3.06. The quantitative estimate of drug-likeness (QED) is 0.548. The van der Waals surface area contributed by atoms with E-state index in [9.17, 15) is 10.1 Å². The van der Waals surface area contributed by atoms with Crippen molar-refractivity contribution in [2.24, 2.45) is 5.73 Å². The van der Waals surface area contributed by atoms with Crippen LogP contribution < -0.4 is 5.73 Å². The number of rotatable bonds is 4. The molecule has 14 heavy (non-hydrogen) atoms. The highest BCUT2D eigenvalue weighted by Crippen LogP contribution is 2.36. The number of nitro groups is 1. The Labute approximate surface area is 80.6 Å². The van der Waals surface area contributed by atoms with Gasteiger partial charge >= 0.3 is 5.69 Å². The zero-order chi connectivity index (χ0) is 10.2. The number of hydrogen-bond acceptors (Lipinski definition) is 4. The van der Waals surface area contributed by atoms with Gasteiger partial charge in [-0.15, -0.1) is 0 Å². The van der Waals surface area contributed by atoms with Gasteiger partial charge in [-0.1, -0.05) is 0 Å². The first-order chi connectivity index (χ1) is 6.61. The van der Waals surface area contributed by atoms with Crippen LogP contribution >= 0.6 is 0 Å². The number of aromatic nitrogens is 2. The van der Waals surface area contributed by atoms with E-state index in [2.05, 4.69) is 10.2 Å². The van der Waals surface area contributed by atoms with Crippen molar-refractivity contribution < 1.29 is 4.92 Å². The van der Waals surface area contributed by atoms with Crippen molar-refractivity contribution in [2.75, 3.05) is 0 Å². The highest BCUT2D eigenvalue weighted by molar-refractivity contribution is 5.32. The average molecular weight is 196 g/mol. The number of nitrogens with one attached hydrogen (secondary N) is 1. The van der Waals surface area contributed by atoms with Crippen LogP contribution in [0.1, 0.15) is 25.0 Å². The third-order valence-electron chi connectivity index (χ3n) is 2.66. The van der Waals surface area contributed by atoms with E-state index < -0.39 is 4.92 Å². The van der Waals surface area contributed by atoms with E-state index >= 15 is 0 Å². The molecule has 0 bridgehead atoms. The number of H-pyrrole nitrogens is 1. The summed E-state index contributed by atoms with van der Waals surface area (Å²) in [5.74, 6) is 0. The summed E-state index contributed by atoms with van der Waals surface area (Å²) in [6, 6.07) is 0. The topological polar surface area (TPSA) is 97.8 Å². The van der Waals surface area contributed by atoms with Crippen molar-refractivity contribution >= 4 is 5.69 Å². The van der Waals surface area contributed by atoms with E-state index in [1.54, 1.807) is 0 Å². The van der Waals surface area contributed by atoms with Gasteiger partial charge in [0.1, 0.15) is 11.9 Å². The molecule has 0 spiro atoms.